The fourth-order valence-corrected chi connectivity index (χ4v) is 3.82. The van der Waals surface area contributed by atoms with Gasteiger partial charge < -0.3 is 4.90 Å². The molecule has 0 saturated carbocycles. The molecule has 6 nitrogen and oxygen atoms in total. The van der Waals surface area contributed by atoms with Crippen molar-refractivity contribution in [3.63, 3.8) is 0 Å². The molecule has 2 heterocycles. The molecule has 1 fully saturated rings. The summed E-state index contributed by atoms with van der Waals surface area (Å²) in [7, 11) is 1.40. The first-order chi connectivity index (χ1) is 9.30. The van der Waals surface area contributed by atoms with Crippen LogP contribution in [-0.2, 0) is 9.05 Å². The first-order valence-corrected chi connectivity index (χ1v) is 8.90. The van der Waals surface area contributed by atoms with Gasteiger partial charge in [-0.05, 0) is 32.1 Å². The lowest BCUT2D eigenvalue weighted by Gasteiger charge is -2.19. The molecule has 0 aliphatic carbocycles. The molecule has 112 valence electrons. The Bertz CT molecular complexity index is 611. The predicted octanol–water partition coefficient (Wildman–Crippen LogP) is 1.91. The van der Waals surface area contributed by atoms with Crippen molar-refractivity contribution >= 4 is 25.6 Å². The zero-order valence-corrected chi connectivity index (χ0v) is 13.1. The highest BCUT2D eigenvalue weighted by molar-refractivity contribution is 8.13. The van der Waals surface area contributed by atoms with Gasteiger partial charge in [0.15, 0.2) is 5.69 Å². The fraction of sp³-hybridized carbons (Fsp3) is 0.667. The number of aryl methyl sites for hydroxylation is 1. The number of aromatic amines is 1. The van der Waals surface area contributed by atoms with Crippen molar-refractivity contribution in [2.45, 2.75) is 38.0 Å². The standard InChI is InChI=1S/C12H18ClN3O3S/c1-8-4-3-6-16(7-5-8)12(17)10-11(20(13,18)19)9(2)14-15-10/h8H,3-7H2,1-2H3,(H,14,15). The van der Waals surface area contributed by atoms with Gasteiger partial charge in [-0.25, -0.2) is 8.42 Å². The van der Waals surface area contributed by atoms with Crippen LogP contribution in [0, 0.1) is 12.8 Å². The highest BCUT2D eigenvalue weighted by atomic mass is 35.7. The monoisotopic (exact) mass is 319 g/mol. The molecular weight excluding hydrogens is 302 g/mol. The number of aromatic nitrogens is 2. The lowest BCUT2D eigenvalue weighted by molar-refractivity contribution is 0.0750. The molecule has 1 N–H and O–H groups in total. The Balaban J connectivity index is 2.30. The molecular formula is C12H18ClN3O3S. The summed E-state index contributed by atoms with van der Waals surface area (Å²) in [5.41, 5.74) is 0.179. The van der Waals surface area contributed by atoms with Crippen LogP contribution < -0.4 is 0 Å². The van der Waals surface area contributed by atoms with E-state index in [1.54, 1.807) is 4.90 Å². The number of halogens is 1. The van der Waals surface area contributed by atoms with Crippen molar-refractivity contribution < 1.29 is 13.2 Å². The highest BCUT2D eigenvalue weighted by Crippen LogP contribution is 2.24. The summed E-state index contributed by atoms with van der Waals surface area (Å²) in [5, 5.41) is 6.35. The van der Waals surface area contributed by atoms with Crippen molar-refractivity contribution in [2.24, 2.45) is 5.92 Å². The second-order valence-corrected chi connectivity index (χ2v) is 7.80. The summed E-state index contributed by atoms with van der Waals surface area (Å²) in [6.07, 6.45) is 2.90. The number of H-pyrrole nitrogens is 1. The van der Waals surface area contributed by atoms with Gasteiger partial charge >= 0.3 is 0 Å². The third kappa shape index (κ3) is 3.15. The average molecular weight is 320 g/mol. The molecule has 1 amide bonds. The Morgan fingerprint density at radius 1 is 1.40 bits per heavy atom. The van der Waals surface area contributed by atoms with Gasteiger partial charge in [-0.3, -0.25) is 9.89 Å². The van der Waals surface area contributed by atoms with Crippen LogP contribution in [-0.4, -0.2) is 42.5 Å². The summed E-state index contributed by atoms with van der Waals surface area (Å²) in [6, 6.07) is 0. The van der Waals surface area contributed by atoms with E-state index in [0.29, 0.717) is 19.0 Å². The van der Waals surface area contributed by atoms with Gasteiger partial charge in [-0.2, -0.15) is 5.10 Å². The maximum absolute atomic E-state index is 12.5. The molecule has 0 radical (unpaired) electrons. The number of carbonyl (C=O) groups is 1. The van der Waals surface area contributed by atoms with Crippen molar-refractivity contribution in [3.8, 4) is 0 Å². The van der Waals surface area contributed by atoms with Crippen molar-refractivity contribution in [1.29, 1.82) is 0 Å². The smallest absolute Gasteiger partial charge is 0.275 e. The summed E-state index contributed by atoms with van der Waals surface area (Å²) in [6.45, 7) is 4.93. The van der Waals surface area contributed by atoms with E-state index < -0.39 is 9.05 Å². The van der Waals surface area contributed by atoms with Crippen LogP contribution in [0.3, 0.4) is 0 Å². The van der Waals surface area contributed by atoms with Crippen molar-refractivity contribution in [2.75, 3.05) is 13.1 Å². The molecule has 1 saturated heterocycles. The molecule has 8 heteroatoms. The van der Waals surface area contributed by atoms with E-state index in [0.717, 1.165) is 19.3 Å². The number of amides is 1. The molecule has 1 aliphatic rings. The van der Waals surface area contributed by atoms with Crippen LogP contribution in [0.15, 0.2) is 4.90 Å². The molecule has 1 aromatic heterocycles. The SMILES string of the molecule is Cc1[nH]nc(C(=O)N2CCCC(C)CC2)c1S(=O)(=O)Cl. The zero-order valence-electron chi connectivity index (χ0n) is 11.5. The molecule has 1 unspecified atom stereocenters. The van der Waals surface area contributed by atoms with E-state index in [1.807, 2.05) is 0 Å². The van der Waals surface area contributed by atoms with E-state index in [1.165, 1.54) is 6.92 Å². The Labute approximate surface area is 122 Å². The number of hydrogen-bond acceptors (Lipinski definition) is 4. The van der Waals surface area contributed by atoms with Gasteiger partial charge in [0.1, 0.15) is 4.90 Å². The quantitative estimate of drug-likeness (QED) is 0.844. The molecule has 1 atom stereocenters. The first kappa shape index (κ1) is 15.3. The molecule has 0 spiro atoms. The molecule has 20 heavy (non-hydrogen) atoms. The van der Waals surface area contributed by atoms with Crippen LogP contribution in [0.1, 0.15) is 42.4 Å². The van der Waals surface area contributed by atoms with Crippen LogP contribution in [0.4, 0.5) is 0 Å². The molecule has 1 aromatic rings. The van der Waals surface area contributed by atoms with Crippen LogP contribution >= 0.6 is 10.7 Å². The van der Waals surface area contributed by atoms with Gasteiger partial charge in [0, 0.05) is 23.8 Å². The predicted molar refractivity (Wildman–Crippen MR) is 75.3 cm³/mol. The topological polar surface area (TPSA) is 83.1 Å². The van der Waals surface area contributed by atoms with Gasteiger partial charge in [-0.1, -0.05) is 6.92 Å². The number of rotatable bonds is 2. The van der Waals surface area contributed by atoms with Crippen molar-refractivity contribution in [3.05, 3.63) is 11.4 Å². The Morgan fingerprint density at radius 2 is 2.10 bits per heavy atom. The number of nitrogens with zero attached hydrogens (tertiary/aromatic N) is 2. The third-order valence-electron chi connectivity index (χ3n) is 3.64. The summed E-state index contributed by atoms with van der Waals surface area (Å²) in [5.74, 6) is 0.202. The summed E-state index contributed by atoms with van der Waals surface area (Å²) < 4.78 is 23.2. The summed E-state index contributed by atoms with van der Waals surface area (Å²) >= 11 is 0. The number of hydrogen-bond donors (Lipinski definition) is 1. The highest BCUT2D eigenvalue weighted by Gasteiger charge is 2.30. The number of likely N-dealkylation sites (tertiary alicyclic amines) is 1. The van der Waals surface area contributed by atoms with Crippen LogP contribution in [0.5, 0.6) is 0 Å². The normalized spacial score (nSPS) is 20.8. The molecule has 0 aromatic carbocycles. The minimum absolute atomic E-state index is 0.105. The van der Waals surface area contributed by atoms with Gasteiger partial charge in [0.2, 0.25) is 0 Å². The Hall–Kier alpha value is -1.08. The Kier molecular flexibility index (Phi) is 4.39. The van der Waals surface area contributed by atoms with E-state index in [9.17, 15) is 13.2 Å². The minimum atomic E-state index is -3.99. The number of carbonyl (C=O) groups excluding carboxylic acids is 1. The van der Waals surface area contributed by atoms with Crippen LogP contribution in [0.2, 0.25) is 0 Å². The summed E-state index contributed by atoms with van der Waals surface area (Å²) in [4.78, 5) is 13.9. The van der Waals surface area contributed by atoms with Gasteiger partial charge in [-0.15, -0.1) is 0 Å². The average Bonchev–Trinajstić information content (AvgIpc) is 2.61. The maximum atomic E-state index is 12.5. The van der Waals surface area contributed by atoms with E-state index in [-0.39, 0.29) is 22.2 Å². The molecule has 1 aliphatic heterocycles. The molecule has 0 bridgehead atoms. The van der Waals surface area contributed by atoms with Crippen molar-refractivity contribution in [1.82, 2.24) is 15.1 Å². The largest absolute Gasteiger partial charge is 0.337 e. The fourth-order valence-electron chi connectivity index (χ4n) is 2.48. The second kappa shape index (κ2) is 5.73. The maximum Gasteiger partial charge on any atom is 0.275 e. The lowest BCUT2D eigenvalue weighted by atomic mass is 10.0. The second-order valence-electron chi connectivity index (χ2n) is 5.29. The minimum Gasteiger partial charge on any atom is -0.337 e. The zero-order chi connectivity index (χ0) is 14.9. The number of nitrogens with one attached hydrogen (secondary N) is 1. The lowest BCUT2D eigenvalue weighted by Crippen LogP contribution is -2.33. The van der Waals surface area contributed by atoms with E-state index in [4.69, 9.17) is 10.7 Å². The van der Waals surface area contributed by atoms with Crippen LogP contribution in [0.25, 0.3) is 0 Å². The Morgan fingerprint density at radius 3 is 2.75 bits per heavy atom. The van der Waals surface area contributed by atoms with E-state index >= 15 is 0 Å². The third-order valence-corrected chi connectivity index (χ3v) is 5.09. The van der Waals surface area contributed by atoms with Gasteiger partial charge in [0.25, 0.3) is 15.0 Å². The van der Waals surface area contributed by atoms with E-state index in [2.05, 4.69) is 17.1 Å². The first-order valence-electron chi connectivity index (χ1n) is 6.59. The molecule has 2 rings (SSSR count). The van der Waals surface area contributed by atoms with Gasteiger partial charge in [0.05, 0.1) is 5.69 Å².